The number of rotatable bonds is 7. The molecule has 0 unspecified atom stereocenters. The molecule has 0 radical (unpaired) electrons. The zero-order valence-corrected chi connectivity index (χ0v) is 16.7. The molecule has 0 saturated heterocycles. The number of nitrogens with zero attached hydrogens (tertiary/aromatic N) is 2. The van der Waals surface area contributed by atoms with Crippen LogP contribution >= 0.6 is 11.3 Å². The number of hydrogen-bond acceptors (Lipinski definition) is 6. The summed E-state index contributed by atoms with van der Waals surface area (Å²) in [7, 11) is -2.57. The SMILES string of the molecule is CN(C(=O)/C=C/c1ccc(OCc2ccccn2)cc1)S(=O)(=O)c1cccs1. The average molecular weight is 415 g/mol. The molecule has 3 rings (SSSR count). The minimum Gasteiger partial charge on any atom is -0.487 e. The van der Waals surface area contributed by atoms with E-state index >= 15 is 0 Å². The zero-order valence-electron chi connectivity index (χ0n) is 15.1. The average Bonchev–Trinajstić information content (AvgIpc) is 3.27. The third-order valence-corrected chi connectivity index (χ3v) is 6.96. The fourth-order valence-electron chi connectivity index (χ4n) is 2.25. The number of pyridine rings is 1. The van der Waals surface area contributed by atoms with Gasteiger partial charge in [0.2, 0.25) is 0 Å². The van der Waals surface area contributed by atoms with Crippen molar-refractivity contribution in [3.05, 3.63) is 83.5 Å². The van der Waals surface area contributed by atoms with E-state index in [2.05, 4.69) is 4.98 Å². The maximum absolute atomic E-state index is 12.3. The van der Waals surface area contributed by atoms with E-state index in [1.807, 2.05) is 18.2 Å². The molecule has 144 valence electrons. The van der Waals surface area contributed by atoms with Gasteiger partial charge in [0.25, 0.3) is 15.9 Å². The van der Waals surface area contributed by atoms with Gasteiger partial charge in [0.1, 0.15) is 16.6 Å². The van der Waals surface area contributed by atoms with Crippen LogP contribution in [0.4, 0.5) is 0 Å². The van der Waals surface area contributed by atoms with Gasteiger partial charge in [0, 0.05) is 19.3 Å². The van der Waals surface area contributed by atoms with Gasteiger partial charge in [-0.25, -0.2) is 12.7 Å². The first-order chi connectivity index (χ1) is 13.5. The van der Waals surface area contributed by atoms with Crippen LogP contribution < -0.4 is 4.74 Å². The summed E-state index contributed by atoms with van der Waals surface area (Å²) in [6, 6.07) is 15.8. The molecule has 0 bridgehead atoms. The lowest BCUT2D eigenvalue weighted by Gasteiger charge is -2.14. The van der Waals surface area contributed by atoms with Crippen molar-refractivity contribution in [3.8, 4) is 5.75 Å². The molecule has 0 N–H and O–H groups in total. The van der Waals surface area contributed by atoms with Gasteiger partial charge in [-0.2, -0.15) is 0 Å². The minimum absolute atomic E-state index is 0.131. The smallest absolute Gasteiger partial charge is 0.275 e. The van der Waals surface area contributed by atoms with E-state index in [-0.39, 0.29) is 4.21 Å². The van der Waals surface area contributed by atoms with Gasteiger partial charge in [0.15, 0.2) is 0 Å². The Morgan fingerprint density at radius 1 is 1.14 bits per heavy atom. The summed E-state index contributed by atoms with van der Waals surface area (Å²) >= 11 is 1.07. The Kier molecular flexibility index (Phi) is 6.23. The lowest BCUT2D eigenvalue weighted by Crippen LogP contribution is -2.31. The van der Waals surface area contributed by atoms with Gasteiger partial charge < -0.3 is 4.74 Å². The molecule has 3 aromatic rings. The second kappa shape index (κ2) is 8.81. The second-order valence-electron chi connectivity index (χ2n) is 5.75. The number of amides is 1. The van der Waals surface area contributed by atoms with E-state index in [1.165, 1.54) is 19.2 Å². The third kappa shape index (κ3) is 4.85. The fraction of sp³-hybridized carbons (Fsp3) is 0.100. The van der Waals surface area contributed by atoms with E-state index < -0.39 is 15.9 Å². The van der Waals surface area contributed by atoms with Gasteiger partial charge in [-0.1, -0.05) is 24.3 Å². The van der Waals surface area contributed by atoms with Crippen LogP contribution in [-0.4, -0.2) is 30.7 Å². The number of likely N-dealkylation sites (N-methyl/N-ethyl adjacent to an activating group) is 1. The third-order valence-electron chi connectivity index (χ3n) is 3.83. The van der Waals surface area contributed by atoms with E-state index in [1.54, 1.807) is 48.0 Å². The minimum atomic E-state index is -3.81. The van der Waals surface area contributed by atoms with Crippen LogP contribution in [0.5, 0.6) is 5.75 Å². The fourth-order valence-corrected chi connectivity index (χ4v) is 4.51. The number of ether oxygens (including phenoxy) is 1. The predicted molar refractivity (Wildman–Crippen MR) is 108 cm³/mol. The van der Waals surface area contributed by atoms with Crippen LogP contribution in [-0.2, 0) is 21.4 Å². The maximum atomic E-state index is 12.3. The Labute approximate surface area is 167 Å². The summed E-state index contributed by atoms with van der Waals surface area (Å²) in [6.07, 6.45) is 4.50. The zero-order chi connectivity index (χ0) is 20.0. The van der Waals surface area contributed by atoms with E-state index in [0.717, 1.165) is 26.9 Å². The quantitative estimate of drug-likeness (QED) is 0.552. The highest BCUT2D eigenvalue weighted by Gasteiger charge is 2.24. The number of carbonyl (C=O) groups excluding carboxylic acids is 1. The van der Waals surface area contributed by atoms with Gasteiger partial charge in [-0.3, -0.25) is 9.78 Å². The van der Waals surface area contributed by atoms with Crippen LogP contribution in [0, 0.1) is 0 Å². The van der Waals surface area contributed by atoms with Crippen molar-refractivity contribution in [2.24, 2.45) is 0 Å². The molecule has 0 fully saturated rings. The van der Waals surface area contributed by atoms with Crippen molar-refractivity contribution < 1.29 is 17.9 Å². The van der Waals surface area contributed by atoms with E-state index in [4.69, 9.17) is 4.74 Å². The highest BCUT2D eigenvalue weighted by atomic mass is 32.2. The first kappa shape index (κ1) is 19.8. The molecule has 1 aromatic carbocycles. The number of hydrogen-bond donors (Lipinski definition) is 0. The summed E-state index contributed by atoms with van der Waals surface area (Å²) in [4.78, 5) is 16.4. The Bertz CT molecular complexity index is 1050. The normalized spacial score (nSPS) is 11.5. The number of sulfonamides is 1. The molecule has 0 saturated carbocycles. The topological polar surface area (TPSA) is 76.6 Å². The molecule has 0 aliphatic heterocycles. The largest absolute Gasteiger partial charge is 0.487 e. The van der Waals surface area contributed by atoms with Crippen molar-refractivity contribution in [2.75, 3.05) is 7.05 Å². The molecule has 2 heterocycles. The van der Waals surface area contributed by atoms with Gasteiger partial charge in [-0.05, 0) is 47.4 Å². The molecule has 0 aliphatic carbocycles. The highest BCUT2D eigenvalue weighted by molar-refractivity contribution is 7.91. The monoisotopic (exact) mass is 414 g/mol. The lowest BCUT2D eigenvalue weighted by atomic mass is 10.2. The molecule has 28 heavy (non-hydrogen) atoms. The summed E-state index contributed by atoms with van der Waals surface area (Å²) in [5, 5.41) is 1.65. The van der Waals surface area contributed by atoms with Crippen LogP contribution in [0.2, 0.25) is 0 Å². The molecular formula is C20H18N2O4S2. The van der Waals surface area contributed by atoms with Gasteiger partial charge in [0.05, 0.1) is 5.69 Å². The lowest BCUT2D eigenvalue weighted by molar-refractivity contribution is -0.120. The van der Waals surface area contributed by atoms with Crippen LogP contribution in [0.1, 0.15) is 11.3 Å². The van der Waals surface area contributed by atoms with E-state index in [0.29, 0.717) is 12.4 Å². The standard InChI is InChI=1S/C20H18N2O4S2/c1-22(28(24,25)20-6-4-14-27-20)19(23)12-9-16-7-10-18(11-8-16)26-15-17-5-2-3-13-21-17/h2-14H,15H2,1H3/b12-9+. The first-order valence-corrected chi connectivity index (χ1v) is 10.7. The van der Waals surface area contributed by atoms with Crippen molar-refractivity contribution in [1.29, 1.82) is 0 Å². The second-order valence-corrected chi connectivity index (χ2v) is 8.90. The van der Waals surface area contributed by atoms with Crippen molar-refractivity contribution >= 4 is 33.3 Å². The summed E-state index contributed by atoms with van der Waals surface area (Å²) in [6.45, 7) is 0.361. The van der Waals surface area contributed by atoms with Gasteiger partial charge in [-0.15, -0.1) is 11.3 Å². The molecule has 8 heteroatoms. The number of carbonyl (C=O) groups is 1. The Morgan fingerprint density at radius 2 is 1.93 bits per heavy atom. The summed E-state index contributed by atoms with van der Waals surface area (Å²) < 4.78 is 31.2. The van der Waals surface area contributed by atoms with Crippen LogP contribution in [0.15, 0.2) is 76.5 Å². The maximum Gasteiger partial charge on any atom is 0.275 e. The molecule has 6 nitrogen and oxygen atoms in total. The van der Waals surface area contributed by atoms with Crippen LogP contribution in [0.3, 0.4) is 0 Å². The molecule has 2 aromatic heterocycles. The predicted octanol–water partition coefficient (Wildman–Crippen LogP) is 3.58. The van der Waals surface area contributed by atoms with E-state index in [9.17, 15) is 13.2 Å². The Hall–Kier alpha value is -2.97. The molecule has 1 amide bonds. The molecule has 0 aliphatic rings. The Morgan fingerprint density at radius 3 is 2.57 bits per heavy atom. The van der Waals surface area contributed by atoms with Crippen molar-refractivity contribution in [2.45, 2.75) is 10.8 Å². The van der Waals surface area contributed by atoms with Crippen LogP contribution in [0.25, 0.3) is 6.08 Å². The summed E-state index contributed by atoms with van der Waals surface area (Å²) in [5.74, 6) is 0.0513. The van der Waals surface area contributed by atoms with Crippen molar-refractivity contribution in [3.63, 3.8) is 0 Å². The first-order valence-electron chi connectivity index (χ1n) is 8.34. The molecule has 0 atom stereocenters. The number of aromatic nitrogens is 1. The Balaban J connectivity index is 1.60. The van der Waals surface area contributed by atoms with Crippen molar-refractivity contribution in [1.82, 2.24) is 9.29 Å². The molecule has 0 spiro atoms. The number of thiophene rings is 1. The highest BCUT2D eigenvalue weighted by Crippen LogP contribution is 2.20. The summed E-state index contributed by atoms with van der Waals surface area (Å²) in [5.41, 5.74) is 1.58. The number of benzene rings is 1. The molecular weight excluding hydrogens is 396 g/mol. The van der Waals surface area contributed by atoms with Gasteiger partial charge >= 0.3 is 0 Å².